The number of carbonyl (C=O) groups is 1. The maximum atomic E-state index is 12.0. The highest BCUT2D eigenvalue weighted by Gasteiger charge is 2.32. The van der Waals surface area contributed by atoms with Crippen molar-refractivity contribution in [3.8, 4) is 11.5 Å². The van der Waals surface area contributed by atoms with Crippen LogP contribution in [0.2, 0.25) is 0 Å². The second-order valence-corrected chi connectivity index (χ2v) is 7.75. The van der Waals surface area contributed by atoms with Gasteiger partial charge >= 0.3 is 0 Å². The van der Waals surface area contributed by atoms with E-state index in [1.807, 2.05) is 12.1 Å². The van der Waals surface area contributed by atoms with Crippen molar-refractivity contribution in [1.29, 1.82) is 0 Å². The van der Waals surface area contributed by atoms with Gasteiger partial charge in [-0.2, -0.15) is 0 Å². The molecule has 7 heteroatoms. The second-order valence-electron chi connectivity index (χ2n) is 6.74. The van der Waals surface area contributed by atoms with E-state index in [9.17, 15) is 4.79 Å². The lowest BCUT2D eigenvalue weighted by Gasteiger charge is -2.33. The Labute approximate surface area is 143 Å². The average Bonchev–Trinajstić information content (AvgIpc) is 3.21. The van der Waals surface area contributed by atoms with Crippen LogP contribution in [0.5, 0.6) is 11.5 Å². The highest BCUT2D eigenvalue weighted by atomic mass is 32.1. The van der Waals surface area contributed by atoms with E-state index >= 15 is 0 Å². The maximum Gasteiger partial charge on any atom is 0.231 e. The van der Waals surface area contributed by atoms with Gasteiger partial charge in [0.1, 0.15) is 0 Å². The topological polar surface area (TPSA) is 63.7 Å². The predicted octanol–water partition coefficient (Wildman–Crippen LogP) is 2.52. The van der Waals surface area contributed by atoms with Crippen molar-refractivity contribution in [2.45, 2.75) is 31.7 Å². The molecule has 1 aliphatic carbocycles. The molecular formula is C17H19N3O3S. The Morgan fingerprint density at radius 2 is 2.08 bits per heavy atom. The highest BCUT2D eigenvalue weighted by Crippen LogP contribution is 2.40. The molecule has 3 heterocycles. The summed E-state index contributed by atoms with van der Waals surface area (Å²) < 4.78 is 12.0. The number of nitrogens with one attached hydrogen (secondary N) is 1. The van der Waals surface area contributed by atoms with E-state index in [1.165, 1.54) is 0 Å². The summed E-state index contributed by atoms with van der Waals surface area (Å²) in [5, 5.41) is 4.22. The normalized spacial score (nSPS) is 22.8. The van der Waals surface area contributed by atoms with Gasteiger partial charge in [0.2, 0.25) is 12.7 Å². The van der Waals surface area contributed by atoms with Gasteiger partial charge in [-0.25, -0.2) is 4.98 Å². The largest absolute Gasteiger partial charge is 0.454 e. The molecule has 2 aliphatic heterocycles. The lowest BCUT2D eigenvalue weighted by Crippen LogP contribution is -2.48. The molecule has 6 nitrogen and oxygen atoms in total. The molecule has 1 saturated carbocycles. The zero-order valence-electron chi connectivity index (χ0n) is 13.3. The fraction of sp³-hybridized carbons (Fsp3) is 0.529. The van der Waals surface area contributed by atoms with Crippen LogP contribution in [0.4, 0.5) is 5.13 Å². The Morgan fingerprint density at radius 3 is 2.92 bits per heavy atom. The van der Waals surface area contributed by atoms with E-state index in [-0.39, 0.29) is 24.7 Å². The second kappa shape index (κ2) is 5.51. The van der Waals surface area contributed by atoms with Gasteiger partial charge in [-0.15, -0.1) is 0 Å². The third-order valence-electron chi connectivity index (χ3n) is 4.86. The van der Waals surface area contributed by atoms with Crippen LogP contribution in [0.3, 0.4) is 0 Å². The summed E-state index contributed by atoms with van der Waals surface area (Å²) in [6, 6.07) is 4.19. The summed E-state index contributed by atoms with van der Waals surface area (Å²) >= 11 is 1.68. The Bertz CT molecular complexity index is 761. The number of carbonyl (C=O) groups excluding carboxylic acids is 1. The Balaban J connectivity index is 1.35. The quantitative estimate of drug-likeness (QED) is 0.926. The summed E-state index contributed by atoms with van der Waals surface area (Å²) in [6.45, 7) is 2.11. The minimum Gasteiger partial charge on any atom is -0.454 e. The van der Waals surface area contributed by atoms with E-state index in [0.717, 1.165) is 65.6 Å². The standard InChI is InChI=1S/C17H19N3O3S/c21-16(10-3-4-10)18-11-2-1-5-20(8-11)17-19-12-6-13-14(23-9-22-13)7-15(12)24-17/h6-7,10-11H,1-5,8-9H2,(H,18,21). The molecule has 0 spiro atoms. The molecule has 1 saturated heterocycles. The van der Waals surface area contributed by atoms with Gasteiger partial charge in [0.25, 0.3) is 0 Å². The molecule has 1 aromatic carbocycles. The van der Waals surface area contributed by atoms with Crippen molar-refractivity contribution in [1.82, 2.24) is 10.3 Å². The number of hydrogen-bond donors (Lipinski definition) is 1. The first-order chi connectivity index (χ1) is 11.8. The third kappa shape index (κ3) is 2.56. The minimum absolute atomic E-state index is 0.232. The lowest BCUT2D eigenvalue weighted by molar-refractivity contribution is -0.123. The number of aromatic nitrogens is 1. The summed E-state index contributed by atoms with van der Waals surface area (Å²) in [5.74, 6) is 2.07. The van der Waals surface area contributed by atoms with Crippen LogP contribution in [-0.2, 0) is 4.79 Å². The van der Waals surface area contributed by atoms with Crippen molar-refractivity contribution in [2.75, 3.05) is 24.8 Å². The van der Waals surface area contributed by atoms with E-state index in [1.54, 1.807) is 11.3 Å². The molecule has 1 amide bonds. The predicted molar refractivity (Wildman–Crippen MR) is 91.8 cm³/mol. The van der Waals surface area contributed by atoms with Gasteiger partial charge in [-0.1, -0.05) is 11.3 Å². The molecule has 1 unspecified atom stereocenters. The number of anilines is 1. The number of rotatable bonds is 3. The molecule has 126 valence electrons. The molecule has 1 N–H and O–H groups in total. The molecular weight excluding hydrogens is 326 g/mol. The lowest BCUT2D eigenvalue weighted by atomic mass is 10.1. The van der Waals surface area contributed by atoms with Crippen LogP contribution in [-0.4, -0.2) is 36.8 Å². The van der Waals surface area contributed by atoms with Crippen molar-refractivity contribution >= 4 is 32.6 Å². The smallest absolute Gasteiger partial charge is 0.231 e. The van der Waals surface area contributed by atoms with Crippen LogP contribution in [0.15, 0.2) is 12.1 Å². The highest BCUT2D eigenvalue weighted by molar-refractivity contribution is 7.22. The van der Waals surface area contributed by atoms with Crippen LogP contribution in [0, 0.1) is 5.92 Å². The van der Waals surface area contributed by atoms with Gasteiger partial charge in [0, 0.05) is 37.2 Å². The molecule has 5 rings (SSSR count). The van der Waals surface area contributed by atoms with E-state index in [2.05, 4.69) is 10.2 Å². The molecule has 0 bridgehead atoms. The molecule has 24 heavy (non-hydrogen) atoms. The molecule has 2 aromatic rings. The van der Waals surface area contributed by atoms with Crippen LogP contribution < -0.4 is 19.7 Å². The number of thiazole rings is 1. The van der Waals surface area contributed by atoms with Gasteiger partial charge in [-0.3, -0.25) is 4.79 Å². The van der Waals surface area contributed by atoms with E-state index in [0.29, 0.717) is 0 Å². The third-order valence-corrected chi connectivity index (χ3v) is 5.94. The molecule has 0 radical (unpaired) electrons. The summed E-state index contributed by atoms with van der Waals surface area (Å²) in [5.41, 5.74) is 0.948. The number of piperidine rings is 1. The number of nitrogens with zero attached hydrogens (tertiary/aromatic N) is 2. The average molecular weight is 345 g/mol. The van der Waals surface area contributed by atoms with Crippen LogP contribution in [0.1, 0.15) is 25.7 Å². The molecule has 1 aromatic heterocycles. The summed E-state index contributed by atoms with van der Waals surface area (Å²) in [6.07, 6.45) is 4.23. The number of amides is 1. The Kier molecular flexibility index (Phi) is 3.29. The van der Waals surface area contributed by atoms with Gasteiger partial charge in [0.15, 0.2) is 16.6 Å². The number of benzene rings is 1. The fourth-order valence-electron chi connectivity index (χ4n) is 3.37. The summed E-state index contributed by atoms with van der Waals surface area (Å²) in [4.78, 5) is 19.1. The van der Waals surface area contributed by atoms with Gasteiger partial charge < -0.3 is 19.7 Å². The van der Waals surface area contributed by atoms with Crippen molar-refractivity contribution in [3.63, 3.8) is 0 Å². The zero-order valence-corrected chi connectivity index (χ0v) is 14.1. The van der Waals surface area contributed by atoms with Gasteiger partial charge in [-0.05, 0) is 25.7 Å². The van der Waals surface area contributed by atoms with Gasteiger partial charge in [0.05, 0.1) is 10.2 Å². The SMILES string of the molecule is O=C(NC1CCCN(c2nc3cc4c(cc3s2)OCO4)C1)C1CC1. The minimum atomic E-state index is 0.232. The van der Waals surface area contributed by atoms with Crippen LogP contribution >= 0.6 is 11.3 Å². The first kappa shape index (κ1) is 14.3. The fourth-order valence-corrected chi connectivity index (χ4v) is 4.39. The summed E-state index contributed by atoms with van der Waals surface area (Å²) in [7, 11) is 0. The molecule has 2 fully saturated rings. The van der Waals surface area contributed by atoms with Crippen molar-refractivity contribution in [3.05, 3.63) is 12.1 Å². The number of ether oxygens (including phenoxy) is 2. The molecule has 3 aliphatic rings. The first-order valence-electron chi connectivity index (χ1n) is 8.52. The molecule has 1 atom stereocenters. The number of hydrogen-bond acceptors (Lipinski definition) is 6. The Morgan fingerprint density at radius 1 is 1.25 bits per heavy atom. The van der Waals surface area contributed by atoms with Crippen molar-refractivity contribution in [2.24, 2.45) is 5.92 Å². The number of fused-ring (bicyclic) bond motifs is 2. The Hall–Kier alpha value is -2.02. The van der Waals surface area contributed by atoms with E-state index in [4.69, 9.17) is 14.5 Å². The van der Waals surface area contributed by atoms with Crippen LogP contribution in [0.25, 0.3) is 10.2 Å². The maximum absolute atomic E-state index is 12.0. The first-order valence-corrected chi connectivity index (χ1v) is 9.33. The van der Waals surface area contributed by atoms with E-state index < -0.39 is 0 Å². The zero-order chi connectivity index (χ0) is 16.1. The van der Waals surface area contributed by atoms with Crippen molar-refractivity contribution < 1.29 is 14.3 Å². The monoisotopic (exact) mass is 345 g/mol.